The van der Waals surface area contributed by atoms with Gasteiger partial charge in [0.25, 0.3) is 0 Å². The summed E-state index contributed by atoms with van der Waals surface area (Å²) < 4.78 is 205. The second-order valence-corrected chi connectivity index (χ2v) is 11.1. The molecule has 0 amide bonds. The van der Waals surface area contributed by atoms with Gasteiger partial charge in [0.1, 0.15) is 11.3 Å². The molecule has 1 aromatic heterocycles. The highest BCUT2D eigenvalue weighted by Crippen LogP contribution is 2.51. The zero-order valence-electron chi connectivity index (χ0n) is 47.0. The van der Waals surface area contributed by atoms with Crippen LogP contribution in [-0.2, 0) is 0 Å². The first-order chi connectivity index (χ1) is 33.5. The standard InChI is InChI=1S/C48H30O/c1-3-14-31(15-4-1)35-28-29-43-42(30-35)47(48(49-43)41-25-13-19-34-27-26-32-16-7-8-20-36(32)44(34)41)46-39-23-11-9-21-37(39)45(33-17-5-2-6-18-33)38-22-10-12-24-40(38)46/h1-30H/i1D,3D,4D,7D,8D,9D,10D,11D,12D,13D,14D,15D,16D,19D,20D,21D,22D,23D,24D,25D,26D,27D. The molecule has 1 heterocycles. The molecule has 0 aliphatic rings. The Morgan fingerprint density at radius 3 is 1.73 bits per heavy atom. The fourth-order valence-electron chi connectivity index (χ4n) is 6.48. The van der Waals surface area contributed by atoms with E-state index in [9.17, 15) is 9.60 Å². The van der Waals surface area contributed by atoms with Gasteiger partial charge in [-0.05, 0) is 72.1 Å². The van der Waals surface area contributed by atoms with Crippen molar-refractivity contribution in [3.63, 3.8) is 0 Å². The van der Waals surface area contributed by atoms with Crippen LogP contribution >= 0.6 is 0 Å². The molecule has 0 fully saturated rings. The van der Waals surface area contributed by atoms with Crippen LogP contribution in [0.1, 0.15) is 30.2 Å². The van der Waals surface area contributed by atoms with Gasteiger partial charge in [-0.15, -0.1) is 0 Å². The Morgan fingerprint density at radius 2 is 1.00 bits per heavy atom. The van der Waals surface area contributed by atoms with Crippen molar-refractivity contribution in [2.45, 2.75) is 0 Å². The molecule has 0 N–H and O–H groups in total. The molecule has 0 aliphatic carbocycles. The van der Waals surface area contributed by atoms with Crippen molar-refractivity contribution in [3.05, 3.63) is 181 Å². The lowest BCUT2D eigenvalue weighted by Crippen LogP contribution is -1.92. The summed E-state index contributed by atoms with van der Waals surface area (Å²) in [6, 6.07) is -3.89. The van der Waals surface area contributed by atoms with Crippen LogP contribution in [0.3, 0.4) is 0 Å². The number of furan rings is 1. The Bertz CT molecular complexity index is 4020. The van der Waals surface area contributed by atoms with E-state index in [0.717, 1.165) is 0 Å². The van der Waals surface area contributed by atoms with Crippen molar-refractivity contribution < 1.29 is 34.6 Å². The van der Waals surface area contributed by atoms with Gasteiger partial charge < -0.3 is 4.42 Å². The normalized spacial score (nSPS) is 18.0. The molecule has 0 aliphatic heterocycles. The van der Waals surface area contributed by atoms with Crippen LogP contribution < -0.4 is 0 Å². The highest BCUT2D eigenvalue weighted by atomic mass is 16.3. The highest BCUT2D eigenvalue weighted by molar-refractivity contribution is 6.26. The lowest BCUT2D eigenvalue weighted by molar-refractivity contribution is 0.633. The summed E-state index contributed by atoms with van der Waals surface area (Å²) in [6.07, 6.45) is 0. The molecule has 49 heavy (non-hydrogen) atoms. The van der Waals surface area contributed by atoms with E-state index in [-0.39, 0.29) is 65.9 Å². The van der Waals surface area contributed by atoms with Crippen LogP contribution in [0.5, 0.6) is 0 Å². The van der Waals surface area contributed by atoms with Gasteiger partial charge in [-0.2, -0.15) is 0 Å². The Morgan fingerprint density at radius 1 is 0.388 bits per heavy atom. The summed E-state index contributed by atoms with van der Waals surface area (Å²) in [5, 5.41) is -3.13. The van der Waals surface area contributed by atoms with Crippen LogP contribution in [0, 0.1) is 0 Å². The van der Waals surface area contributed by atoms with E-state index in [1.54, 1.807) is 30.3 Å². The number of hydrogen-bond acceptors (Lipinski definition) is 1. The number of hydrogen-bond donors (Lipinski definition) is 0. The molecule has 1 nitrogen and oxygen atoms in total. The predicted octanol–water partition coefficient (Wildman–Crippen LogP) is 13.7. The first kappa shape index (κ1) is 13.6. The fraction of sp³-hybridized carbons (Fsp3) is 0. The number of benzene rings is 9. The van der Waals surface area contributed by atoms with Crippen LogP contribution in [0.2, 0.25) is 0 Å². The quantitative estimate of drug-likeness (QED) is 0.137. The van der Waals surface area contributed by atoms with Gasteiger partial charge >= 0.3 is 0 Å². The zero-order chi connectivity index (χ0) is 51.5. The lowest BCUT2D eigenvalue weighted by atomic mass is 9.84. The average Bonchev–Trinajstić information content (AvgIpc) is 3.73. The first-order valence-corrected chi connectivity index (χ1v) is 15.1. The minimum Gasteiger partial charge on any atom is -0.455 e. The number of rotatable bonds is 4. The van der Waals surface area contributed by atoms with Crippen LogP contribution in [-0.4, -0.2) is 0 Å². The molecule has 10 rings (SSSR count). The molecule has 228 valence electrons. The summed E-state index contributed by atoms with van der Waals surface area (Å²) in [7, 11) is 0. The van der Waals surface area contributed by atoms with Crippen LogP contribution in [0.25, 0.3) is 98.8 Å². The van der Waals surface area contributed by atoms with E-state index in [0.29, 0.717) is 0 Å². The molecule has 0 saturated carbocycles. The van der Waals surface area contributed by atoms with Gasteiger partial charge in [-0.25, -0.2) is 0 Å². The van der Waals surface area contributed by atoms with Crippen molar-refractivity contribution in [1.29, 1.82) is 0 Å². The Hall–Kier alpha value is -6.44. The fourth-order valence-corrected chi connectivity index (χ4v) is 6.48. The maximum absolute atomic E-state index is 9.65. The Labute approximate surface area is 315 Å². The summed E-state index contributed by atoms with van der Waals surface area (Å²) in [6.45, 7) is 0. The van der Waals surface area contributed by atoms with Crippen molar-refractivity contribution in [3.8, 4) is 44.7 Å². The molecule has 0 saturated heterocycles. The second-order valence-electron chi connectivity index (χ2n) is 11.1. The largest absolute Gasteiger partial charge is 0.455 e. The number of fused-ring (bicyclic) bond motifs is 6. The summed E-state index contributed by atoms with van der Waals surface area (Å²) >= 11 is 0. The third kappa shape index (κ3) is 4.33. The maximum Gasteiger partial charge on any atom is 0.143 e. The summed E-state index contributed by atoms with van der Waals surface area (Å²) in [4.78, 5) is 0. The highest BCUT2D eigenvalue weighted by Gasteiger charge is 2.25. The molecule has 0 bridgehead atoms. The molecule has 0 atom stereocenters. The van der Waals surface area contributed by atoms with Gasteiger partial charge in [0.05, 0.1) is 30.2 Å². The second kappa shape index (κ2) is 11.1. The minimum atomic E-state index is -0.843. The van der Waals surface area contributed by atoms with Gasteiger partial charge in [0, 0.05) is 27.5 Å². The van der Waals surface area contributed by atoms with Crippen LogP contribution in [0.4, 0.5) is 0 Å². The Balaban J connectivity index is 1.58. The first-order valence-electron chi connectivity index (χ1n) is 26.1. The molecule has 9 aromatic carbocycles. The molecule has 10 aromatic rings. The van der Waals surface area contributed by atoms with E-state index in [1.165, 1.54) is 18.2 Å². The maximum atomic E-state index is 9.65. The van der Waals surface area contributed by atoms with Crippen LogP contribution in [0.15, 0.2) is 186 Å². The van der Waals surface area contributed by atoms with Gasteiger partial charge in [-0.3, -0.25) is 0 Å². The van der Waals surface area contributed by atoms with Gasteiger partial charge in [0.2, 0.25) is 0 Å². The summed E-state index contributed by atoms with van der Waals surface area (Å²) in [5.74, 6) is -0.526. The molecule has 0 unspecified atom stereocenters. The lowest BCUT2D eigenvalue weighted by Gasteiger charge is -2.18. The van der Waals surface area contributed by atoms with Crippen molar-refractivity contribution >= 4 is 54.1 Å². The smallest absolute Gasteiger partial charge is 0.143 e. The van der Waals surface area contributed by atoms with Crippen molar-refractivity contribution in [2.75, 3.05) is 0 Å². The molecule has 0 radical (unpaired) electrons. The van der Waals surface area contributed by atoms with Crippen molar-refractivity contribution in [1.82, 2.24) is 0 Å². The van der Waals surface area contributed by atoms with Gasteiger partial charge in [-0.1, -0.05) is 169 Å². The van der Waals surface area contributed by atoms with E-state index < -0.39 is 166 Å². The minimum absolute atomic E-state index is 0.0185. The average molecular weight is 645 g/mol. The molecular formula is C48H30O. The molecule has 1 heteroatoms. The van der Waals surface area contributed by atoms with Gasteiger partial charge in [0.15, 0.2) is 0 Å². The molecular weight excluding hydrogens is 593 g/mol. The van der Waals surface area contributed by atoms with E-state index >= 15 is 0 Å². The monoisotopic (exact) mass is 644 g/mol. The van der Waals surface area contributed by atoms with E-state index in [4.69, 9.17) is 25.0 Å². The summed E-state index contributed by atoms with van der Waals surface area (Å²) in [5.41, 5.74) is -1.41. The van der Waals surface area contributed by atoms with E-state index in [2.05, 4.69) is 0 Å². The predicted molar refractivity (Wildman–Crippen MR) is 208 cm³/mol. The SMILES string of the molecule is [2H]c1c([2H])c([2H])c(-c2ccc3oc(-c4c([2H])c([2H])c([2H])c5c([2H])c([2H])c6c([2H])c([2H])c([2H])c([2H])c6c45)c(-c4c5c([2H])c([2H])c([2H])c([2H])c5c(-c5ccccc5)c5c([2H])c([2H])c([2H])c([2H])c45)c3c2)c([2H])c1[2H]. The molecule has 0 spiro atoms. The third-order valence-electron chi connectivity index (χ3n) is 8.52. The third-order valence-corrected chi connectivity index (χ3v) is 8.52. The van der Waals surface area contributed by atoms with E-state index in [1.807, 2.05) is 0 Å². The zero-order valence-corrected chi connectivity index (χ0v) is 25.0. The topological polar surface area (TPSA) is 13.1 Å². The van der Waals surface area contributed by atoms with Crippen molar-refractivity contribution in [2.24, 2.45) is 0 Å². The Kier molecular flexibility index (Phi) is 3.07.